The van der Waals surface area contributed by atoms with Gasteiger partial charge in [0.05, 0.1) is 0 Å². The SMILES string of the molecule is c1ccc2c(c1)ccc1ccc(-c3ccc4c(ccc5cc(-c6ccc7ccc8c9ccccc9ccc8c7c6)ccc54)c3)cc12. The van der Waals surface area contributed by atoms with Crippen molar-refractivity contribution in [2.24, 2.45) is 0 Å². The first-order valence-electron chi connectivity index (χ1n) is 16.0. The molecule has 0 amide bonds. The number of benzene rings is 10. The second-order valence-electron chi connectivity index (χ2n) is 12.5. The number of hydrogen-bond acceptors (Lipinski definition) is 0. The highest BCUT2D eigenvalue weighted by atomic mass is 14.1. The fraction of sp³-hybridized carbons (Fsp3) is 0. The maximum absolute atomic E-state index is 2.37. The number of fused-ring (bicyclic) bond motifs is 11. The van der Waals surface area contributed by atoms with Crippen molar-refractivity contribution in [3.63, 3.8) is 0 Å². The standard InChI is InChI=1S/C46H28/c1-3-7-39-30(6-1)17-24-44-43(39)23-18-32-12-14-36(28-46(32)44)34-20-22-42-38(26-34)16-15-37-25-33(19-21-41(37)42)35-13-11-31-10-9-29-5-2-4-8-40(29)45(31)27-35/h1-28H. The van der Waals surface area contributed by atoms with Crippen LogP contribution in [0.5, 0.6) is 0 Å². The van der Waals surface area contributed by atoms with Gasteiger partial charge in [-0.1, -0.05) is 146 Å². The van der Waals surface area contributed by atoms with Crippen molar-refractivity contribution in [1.82, 2.24) is 0 Å². The Labute approximate surface area is 266 Å². The molecule has 0 fully saturated rings. The first-order valence-corrected chi connectivity index (χ1v) is 16.0. The Bertz CT molecular complexity index is 2850. The molecule has 0 heterocycles. The quantitative estimate of drug-likeness (QED) is 0.178. The van der Waals surface area contributed by atoms with E-state index in [9.17, 15) is 0 Å². The third kappa shape index (κ3) is 3.87. The average Bonchev–Trinajstić information content (AvgIpc) is 3.13. The monoisotopic (exact) mass is 580 g/mol. The van der Waals surface area contributed by atoms with E-state index in [1.54, 1.807) is 0 Å². The minimum absolute atomic E-state index is 1.24. The van der Waals surface area contributed by atoms with Gasteiger partial charge in [0.15, 0.2) is 0 Å². The normalized spacial score (nSPS) is 11.9. The molecule has 0 heteroatoms. The van der Waals surface area contributed by atoms with Crippen LogP contribution in [0.1, 0.15) is 0 Å². The molecule has 0 bridgehead atoms. The van der Waals surface area contributed by atoms with Crippen LogP contribution in [0.2, 0.25) is 0 Å². The molecule has 0 spiro atoms. The van der Waals surface area contributed by atoms with Crippen LogP contribution in [0.4, 0.5) is 0 Å². The molecule has 0 saturated carbocycles. The van der Waals surface area contributed by atoms with Gasteiger partial charge in [-0.05, 0) is 122 Å². The third-order valence-electron chi connectivity index (χ3n) is 9.99. The van der Waals surface area contributed by atoms with E-state index in [4.69, 9.17) is 0 Å². The molecular formula is C46H28. The molecule has 0 aliphatic rings. The predicted molar refractivity (Wildman–Crippen MR) is 200 cm³/mol. The van der Waals surface area contributed by atoms with Gasteiger partial charge in [-0.15, -0.1) is 0 Å². The average molecular weight is 581 g/mol. The Morgan fingerprint density at radius 3 is 1.04 bits per heavy atom. The van der Waals surface area contributed by atoms with E-state index in [2.05, 4.69) is 170 Å². The van der Waals surface area contributed by atoms with Gasteiger partial charge in [0.25, 0.3) is 0 Å². The fourth-order valence-electron chi connectivity index (χ4n) is 7.61. The van der Waals surface area contributed by atoms with Crippen LogP contribution in [0, 0.1) is 0 Å². The first kappa shape index (κ1) is 25.4. The zero-order chi connectivity index (χ0) is 30.2. The molecule has 0 aliphatic heterocycles. The summed E-state index contributed by atoms with van der Waals surface area (Å²) < 4.78 is 0. The summed E-state index contributed by atoms with van der Waals surface area (Å²) in [5.74, 6) is 0. The molecule has 0 N–H and O–H groups in total. The number of hydrogen-bond donors (Lipinski definition) is 0. The molecule has 0 nitrogen and oxygen atoms in total. The van der Waals surface area contributed by atoms with E-state index in [-0.39, 0.29) is 0 Å². The molecule has 0 aromatic heterocycles. The lowest BCUT2D eigenvalue weighted by atomic mass is 9.92. The summed E-state index contributed by atoms with van der Waals surface area (Å²) in [6, 6.07) is 63.0. The lowest BCUT2D eigenvalue weighted by Crippen LogP contribution is -1.85. The molecule has 0 unspecified atom stereocenters. The van der Waals surface area contributed by atoms with E-state index in [1.807, 2.05) is 0 Å². The van der Waals surface area contributed by atoms with Crippen molar-refractivity contribution in [3.8, 4) is 22.3 Å². The number of rotatable bonds is 2. The first-order chi connectivity index (χ1) is 22.8. The van der Waals surface area contributed by atoms with Crippen molar-refractivity contribution in [2.45, 2.75) is 0 Å². The highest BCUT2D eigenvalue weighted by Gasteiger charge is 2.10. The van der Waals surface area contributed by atoms with Crippen LogP contribution in [-0.4, -0.2) is 0 Å². The maximum Gasteiger partial charge on any atom is -0.00987 e. The molecule has 0 radical (unpaired) electrons. The van der Waals surface area contributed by atoms with Gasteiger partial charge >= 0.3 is 0 Å². The topological polar surface area (TPSA) is 0 Å². The summed E-state index contributed by atoms with van der Waals surface area (Å²) in [5, 5.41) is 18.0. The van der Waals surface area contributed by atoms with Gasteiger partial charge < -0.3 is 0 Å². The Hall–Kier alpha value is -5.98. The second-order valence-corrected chi connectivity index (χ2v) is 12.5. The fourth-order valence-corrected chi connectivity index (χ4v) is 7.61. The van der Waals surface area contributed by atoms with Gasteiger partial charge in [-0.2, -0.15) is 0 Å². The summed E-state index contributed by atoms with van der Waals surface area (Å²) in [7, 11) is 0. The van der Waals surface area contributed by atoms with E-state index >= 15 is 0 Å². The van der Waals surface area contributed by atoms with Crippen molar-refractivity contribution in [3.05, 3.63) is 170 Å². The molecule has 10 aromatic carbocycles. The van der Waals surface area contributed by atoms with Gasteiger partial charge in [0.2, 0.25) is 0 Å². The lowest BCUT2D eigenvalue weighted by molar-refractivity contribution is 1.68. The van der Waals surface area contributed by atoms with E-state index in [0.717, 1.165) is 0 Å². The molecule has 0 atom stereocenters. The minimum atomic E-state index is 1.24. The van der Waals surface area contributed by atoms with E-state index in [1.165, 1.54) is 97.7 Å². The lowest BCUT2D eigenvalue weighted by Gasteiger charge is -2.12. The van der Waals surface area contributed by atoms with Crippen molar-refractivity contribution in [2.75, 3.05) is 0 Å². The van der Waals surface area contributed by atoms with Gasteiger partial charge in [0, 0.05) is 0 Å². The zero-order valence-corrected chi connectivity index (χ0v) is 25.2. The summed E-state index contributed by atoms with van der Waals surface area (Å²) in [6.07, 6.45) is 0. The van der Waals surface area contributed by atoms with Crippen molar-refractivity contribution in [1.29, 1.82) is 0 Å². The Morgan fingerprint density at radius 2 is 0.478 bits per heavy atom. The van der Waals surface area contributed by atoms with Crippen LogP contribution in [-0.2, 0) is 0 Å². The van der Waals surface area contributed by atoms with Crippen LogP contribution >= 0.6 is 0 Å². The molecule has 10 aromatic rings. The van der Waals surface area contributed by atoms with Crippen molar-refractivity contribution < 1.29 is 0 Å². The Morgan fingerprint density at radius 1 is 0.174 bits per heavy atom. The van der Waals surface area contributed by atoms with E-state index in [0.29, 0.717) is 0 Å². The predicted octanol–water partition coefficient (Wildman–Crippen LogP) is 13.1. The highest BCUT2D eigenvalue weighted by Crippen LogP contribution is 2.37. The molecule has 10 rings (SSSR count). The Kier molecular flexibility index (Phi) is 5.38. The van der Waals surface area contributed by atoms with Gasteiger partial charge in [0.1, 0.15) is 0 Å². The summed E-state index contributed by atoms with van der Waals surface area (Å²) in [5.41, 5.74) is 4.98. The van der Waals surface area contributed by atoms with Crippen LogP contribution in [0.15, 0.2) is 170 Å². The zero-order valence-electron chi connectivity index (χ0n) is 25.2. The maximum atomic E-state index is 2.37. The third-order valence-corrected chi connectivity index (χ3v) is 9.99. The minimum Gasteiger partial charge on any atom is -0.0616 e. The van der Waals surface area contributed by atoms with E-state index < -0.39 is 0 Å². The van der Waals surface area contributed by atoms with Gasteiger partial charge in [-0.25, -0.2) is 0 Å². The molecule has 46 heavy (non-hydrogen) atoms. The summed E-state index contributed by atoms with van der Waals surface area (Å²) >= 11 is 0. The molecule has 0 saturated heterocycles. The largest absolute Gasteiger partial charge is 0.0616 e. The smallest absolute Gasteiger partial charge is 0.00987 e. The molecule has 212 valence electrons. The molecule has 0 aliphatic carbocycles. The Balaban J connectivity index is 1.06. The summed E-state index contributed by atoms with van der Waals surface area (Å²) in [4.78, 5) is 0. The van der Waals surface area contributed by atoms with Crippen LogP contribution in [0.3, 0.4) is 0 Å². The van der Waals surface area contributed by atoms with Crippen LogP contribution in [0.25, 0.3) is 97.7 Å². The van der Waals surface area contributed by atoms with Crippen molar-refractivity contribution >= 4 is 75.4 Å². The summed E-state index contributed by atoms with van der Waals surface area (Å²) in [6.45, 7) is 0. The second kappa shape index (κ2) is 9.76. The molecular weight excluding hydrogens is 553 g/mol. The van der Waals surface area contributed by atoms with Crippen LogP contribution < -0.4 is 0 Å². The highest BCUT2D eigenvalue weighted by molar-refractivity contribution is 6.18. The van der Waals surface area contributed by atoms with Gasteiger partial charge in [-0.3, -0.25) is 0 Å².